The zero-order chi connectivity index (χ0) is 28.9. The minimum atomic E-state index is -0.623. The second-order valence-corrected chi connectivity index (χ2v) is 11.5. The van der Waals surface area contributed by atoms with Crippen molar-refractivity contribution in [2.24, 2.45) is 0 Å². The lowest BCUT2D eigenvalue weighted by atomic mass is 10.1. The van der Waals surface area contributed by atoms with Gasteiger partial charge in [-0.25, -0.2) is 9.18 Å². The van der Waals surface area contributed by atoms with Gasteiger partial charge in [0.05, 0.1) is 16.8 Å². The second kappa shape index (κ2) is 12.6. The fraction of sp³-hybridized carbons (Fsp3) is 0.414. The number of fused-ring (bicyclic) bond motifs is 1. The van der Waals surface area contributed by atoms with Gasteiger partial charge in [-0.15, -0.1) is 11.3 Å². The number of halogens is 1. The van der Waals surface area contributed by atoms with E-state index in [1.165, 1.54) is 28.4 Å². The maximum absolute atomic E-state index is 14.3. The van der Waals surface area contributed by atoms with E-state index < -0.39 is 17.5 Å². The molecule has 2 amide bonds. The summed E-state index contributed by atoms with van der Waals surface area (Å²) >= 11 is 1.52. The van der Waals surface area contributed by atoms with Gasteiger partial charge in [0.2, 0.25) is 5.91 Å². The molecule has 0 radical (unpaired) electrons. The number of hydrogen-bond acceptors (Lipinski definition) is 8. The SMILES string of the molecule is COCCN(CCC(=O)N1CC=C(c2cc3nccc(Oc4ccc(N)cc4F)c3s2)CC1)C(=O)OC(C)(C)C. The average Bonchev–Trinajstić information content (AvgIpc) is 3.34. The largest absolute Gasteiger partial charge is 0.453 e. The number of nitrogens with two attached hydrogens (primary N) is 1. The first-order valence-electron chi connectivity index (χ1n) is 13.1. The molecule has 0 atom stereocenters. The first-order valence-corrected chi connectivity index (χ1v) is 13.9. The number of rotatable bonds is 9. The molecule has 2 N–H and O–H groups in total. The van der Waals surface area contributed by atoms with Crippen molar-refractivity contribution in [3.05, 3.63) is 53.3 Å². The second-order valence-electron chi connectivity index (χ2n) is 10.5. The van der Waals surface area contributed by atoms with E-state index in [0.29, 0.717) is 44.1 Å². The molecule has 0 saturated carbocycles. The van der Waals surface area contributed by atoms with Crippen LogP contribution in [0.3, 0.4) is 0 Å². The maximum Gasteiger partial charge on any atom is 0.410 e. The summed E-state index contributed by atoms with van der Waals surface area (Å²) in [6.07, 6.45) is 4.09. The fourth-order valence-electron chi connectivity index (χ4n) is 4.20. The van der Waals surface area contributed by atoms with Crippen LogP contribution in [0.4, 0.5) is 14.9 Å². The summed E-state index contributed by atoms with van der Waals surface area (Å²) in [4.78, 5) is 34.3. The van der Waals surface area contributed by atoms with Gasteiger partial charge in [-0.3, -0.25) is 9.78 Å². The average molecular weight is 571 g/mol. The standard InChI is InChI=1S/C29H35FN4O5S/c1-29(2,3)39-28(36)34(15-16-37-4)14-10-26(35)33-12-8-19(9-13-33)25-18-22-27(40-25)24(7-11-32-22)38-23-6-5-20(31)17-21(23)30/h5-8,11,17-18H,9-10,12-16,31H2,1-4H3. The van der Waals surface area contributed by atoms with Gasteiger partial charge in [-0.1, -0.05) is 6.08 Å². The molecule has 3 heterocycles. The molecule has 214 valence electrons. The van der Waals surface area contributed by atoms with E-state index in [2.05, 4.69) is 4.98 Å². The van der Waals surface area contributed by atoms with Gasteiger partial charge in [-0.05, 0) is 51.0 Å². The highest BCUT2D eigenvalue weighted by atomic mass is 32.1. The molecule has 1 aliphatic rings. The summed E-state index contributed by atoms with van der Waals surface area (Å²) < 4.78 is 31.6. The Hall–Kier alpha value is -3.70. The molecule has 0 aliphatic carbocycles. The van der Waals surface area contributed by atoms with E-state index >= 15 is 0 Å². The maximum atomic E-state index is 14.3. The zero-order valence-electron chi connectivity index (χ0n) is 23.2. The van der Waals surface area contributed by atoms with Crippen LogP contribution in [0.1, 0.15) is 38.5 Å². The van der Waals surface area contributed by atoms with Crippen molar-refractivity contribution in [2.45, 2.75) is 39.2 Å². The van der Waals surface area contributed by atoms with E-state index in [1.807, 2.05) is 32.9 Å². The number of methoxy groups -OCH3 is 1. The molecule has 40 heavy (non-hydrogen) atoms. The molecule has 0 spiro atoms. The number of ether oxygens (including phenoxy) is 3. The Morgan fingerprint density at radius 2 is 1.98 bits per heavy atom. The summed E-state index contributed by atoms with van der Waals surface area (Å²) in [6, 6.07) is 8.02. The van der Waals surface area contributed by atoms with Crippen LogP contribution >= 0.6 is 11.3 Å². The summed E-state index contributed by atoms with van der Waals surface area (Å²) in [5.74, 6) is 0.0474. The topological polar surface area (TPSA) is 107 Å². The molecule has 2 aromatic heterocycles. The third-order valence-electron chi connectivity index (χ3n) is 6.24. The highest BCUT2D eigenvalue weighted by molar-refractivity contribution is 7.20. The Morgan fingerprint density at radius 3 is 2.65 bits per heavy atom. The summed E-state index contributed by atoms with van der Waals surface area (Å²) in [6.45, 7) is 7.42. The van der Waals surface area contributed by atoms with Crippen LogP contribution in [-0.4, -0.2) is 72.3 Å². The number of nitrogen functional groups attached to an aromatic ring is 1. The number of pyridine rings is 1. The van der Waals surface area contributed by atoms with Crippen molar-refractivity contribution < 1.29 is 28.2 Å². The van der Waals surface area contributed by atoms with E-state index in [-0.39, 0.29) is 24.6 Å². The summed E-state index contributed by atoms with van der Waals surface area (Å²) in [5, 5.41) is 0. The predicted molar refractivity (Wildman–Crippen MR) is 154 cm³/mol. The van der Waals surface area contributed by atoms with Crippen molar-refractivity contribution in [1.29, 1.82) is 0 Å². The molecule has 1 aromatic carbocycles. The molecule has 9 nitrogen and oxygen atoms in total. The van der Waals surface area contributed by atoms with Gasteiger partial charge in [0.15, 0.2) is 11.6 Å². The normalized spacial score (nSPS) is 13.7. The van der Waals surface area contributed by atoms with Crippen molar-refractivity contribution in [3.63, 3.8) is 0 Å². The molecule has 11 heteroatoms. The first kappa shape index (κ1) is 29.3. The molecule has 4 rings (SSSR count). The van der Waals surface area contributed by atoms with Gasteiger partial charge in [0, 0.05) is 68.6 Å². The number of thiophene rings is 1. The third kappa shape index (κ3) is 7.48. The number of aromatic nitrogens is 1. The lowest BCUT2D eigenvalue weighted by Crippen LogP contribution is -2.42. The number of amides is 2. The van der Waals surface area contributed by atoms with Crippen molar-refractivity contribution in [3.8, 4) is 11.5 Å². The monoisotopic (exact) mass is 570 g/mol. The molecule has 1 aliphatic heterocycles. The molecule has 0 unspecified atom stereocenters. The van der Waals surface area contributed by atoms with Gasteiger partial charge >= 0.3 is 6.09 Å². The minimum Gasteiger partial charge on any atom is -0.453 e. The Bertz CT molecular complexity index is 1400. The number of carbonyl (C=O) groups is 2. The predicted octanol–water partition coefficient (Wildman–Crippen LogP) is 5.70. The Labute approximate surface area is 237 Å². The van der Waals surface area contributed by atoms with E-state index in [9.17, 15) is 14.0 Å². The molecule has 0 saturated heterocycles. The molecular weight excluding hydrogens is 535 g/mol. The molecule has 0 fully saturated rings. The van der Waals surface area contributed by atoms with Gasteiger partial charge in [0.1, 0.15) is 11.4 Å². The lowest BCUT2D eigenvalue weighted by molar-refractivity contribution is -0.131. The molecule has 0 bridgehead atoms. The third-order valence-corrected chi connectivity index (χ3v) is 7.46. The van der Waals surface area contributed by atoms with Gasteiger partial charge in [-0.2, -0.15) is 0 Å². The van der Waals surface area contributed by atoms with Crippen LogP contribution in [0.5, 0.6) is 11.5 Å². The summed E-state index contributed by atoms with van der Waals surface area (Å²) in [5.41, 5.74) is 7.22. The fourth-order valence-corrected chi connectivity index (χ4v) is 5.34. The van der Waals surface area contributed by atoms with Crippen molar-refractivity contribution in [1.82, 2.24) is 14.8 Å². The highest BCUT2D eigenvalue weighted by Gasteiger charge is 2.25. The number of carbonyl (C=O) groups excluding carboxylic acids is 2. The van der Waals surface area contributed by atoms with Crippen LogP contribution in [0, 0.1) is 5.82 Å². The van der Waals surface area contributed by atoms with E-state index in [4.69, 9.17) is 19.9 Å². The Morgan fingerprint density at radius 1 is 1.18 bits per heavy atom. The zero-order valence-corrected chi connectivity index (χ0v) is 24.1. The summed E-state index contributed by atoms with van der Waals surface area (Å²) in [7, 11) is 1.57. The highest BCUT2D eigenvalue weighted by Crippen LogP contribution is 2.39. The smallest absolute Gasteiger partial charge is 0.410 e. The quantitative estimate of drug-likeness (QED) is 0.329. The van der Waals surface area contributed by atoms with Crippen LogP contribution in [0.2, 0.25) is 0 Å². The number of anilines is 1. The molecule has 3 aromatic rings. The lowest BCUT2D eigenvalue weighted by Gasteiger charge is -2.29. The van der Waals surface area contributed by atoms with Crippen molar-refractivity contribution in [2.75, 3.05) is 45.6 Å². The van der Waals surface area contributed by atoms with Crippen molar-refractivity contribution >= 4 is 44.8 Å². The number of nitrogens with zero attached hydrogens (tertiary/aromatic N) is 3. The van der Waals surface area contributed by atoms with Gasteiger partial charge < -0.3 is 29.7 Å². The van der Waals surface area contributed by atoms with E-state index in [0.717, 1.165) is 20.7 Å². The van der Waals surface area contributed by atoms with Crippen LogP contribution < -0.4 is 10.5 Å². The van der Waals surface area contributed by atoms with Crippen LogP contribution in [0.25, 0.3) is 15.8 Å². The number of hydrogen-bond donors (Lipinski definition) is 1. The Balaban J connectivity index is 1.40. The Kier molecular flexibility index (Phi) is 9.26. The van der Waals surface area contributed by atoms with E-state index in [1.54, 1.807) is 30.3 Å². The van der Waals surface area contributed by atoms with Crippen LogP contribution in [0.15, 0.2) is 42.6 Å². The van der Waals surface area contributed by atoms with Gasteiger partial charge in [0.25, 0.3) is 0 Å². The minimum absolute atomic E-state index is 0.0273. The molecular formula is C29H35FN4O5S. The first-order chi connectivity index (χ1) is 19.0. The number of benzene rings is 1. The van der Waals surface area contributed by atoms with Crippen LogP contribution in [-0.2, 0) is 14.3 Å².